The Kier molecular flexibility index (Phi) is 3.91. The van der Waals surface area contributed by atoms with E-state index in [2.05, 4.69) is 15.0 Å². The Morgan fingerprint density at radius 2 is 2.20 bits per heavy atom. The summed E-state index contributed by atoms with van der Waals surface area (Å²) in [6.45, 7) is 1.31. The minimum atomic E-state index is -1.38. The first kappa shape index (κ1) is 14.3. The van der Waals surface area contributed by atoms with Crippen molar-refractivity contribution >= 4 is 0 Å². The van der Waals surface area contributed by atoms with E-state index in [4.69, 9.17) is 10.3 Å². The topological polar surface area (TPSA) is 153 Å². The highest BCUT2D eigenvalue weighted by Crippen LogP contribution is 2.28. The molecule has 1 aromatic rings. The van der Waals surface area contributed by atoms with Gasteiger partial charge in [-0.3, -0.25) is 14.3 Å². The summed E-state index contributed by atoms with van der Waals surface area (Å²) in [5, 5.41) is 22.9. The third kappa shape index (κ3) is 2.45. The lowest BCUT2D eigenvalue weighted by molar-refractivity contribution is -0.0373. The Bertz CT molecular complexity index is 661. The van der Waals surface area contributed by atoms with E-state index in [0.29, 0.717) is 0 Å². The Morgan fingerprint density at radius 3 is 2.85 bits per heavy atom. The molecule has 0 saturated carbocycles. The van der Waals surface area contributed by atoms with Gasteiger partial charge in [-0.1, -0.05) is 5.11 Å². The fourth-order valence-corrected chi connectivity index (χ4v) is 2.00. The lowest BCUT2D eigenvalue weighted by Gasteiger charge is -2.17. The van der Waals surface area contributed by atoms with Gasteiger partial charge in [-0.2, -0.15) is 0 Å². The Hall–Kier alpha value is -2.13. The summed E-state index contributed by atoms with van der Waals surface area (Å²) < 4.78 is 6.31. The van der Waals surface area contributed by atoms with Gasteiger partial charge < -0.3 is 14.9 Å². The smallest absolute Gasteiger partial charge is 0.330 e. The molecule has 1 aromatic heterocycles. The second kappa shape index (κ2) is 5.47. The molecular formula is C10H13N5O5. The quantitative estimate of drug-likeness (QED) is 0.360. The standard InChI is InChI=1S/C10H13N5O5/c1-4-3-15(10(19)13-8(4)18)9-7(17)6(16)5(20-9)2-12-14-11/h3,5-7,9,16-17H,2H2,1H3,(H,13,18,19). The van der Waals surface area contributed by atoms with Crippen molar-refractivity contribution in [3.8, 4) is 0 Å². The highest BCUT2D eigenvalue weighted by atomic mass is 16.6. The molecule has 108 valence electrons. The first-order chi connectivity index (χ1) is 9.45. The number of aliphatic hydroxyl groups is 2. The second-order valence-electron chi connectivity index (χ2n) is 4.44. The van der Waals surface area contributed by atoms with Crippen LogP contribution in [0.3, 0.4) is 0 Å². The molecular weight excluding hydrogens is 270 g/mol. The maximum Gasteiger partial charge on any atom is 0.330 e. The SMILES string of the molecule is Cc1cn(C2OC(CN=[N+]=[N-])C(O)C2O)c(=O)[nH]c1=O. The van der Waals surface area contributed by atoms with Crippen molar-refractivity contribution in [1.82, 2.24) is 9.55 Å². The molecule has 1 saturated heterocycles. The number of hydrogen-bond acceptors (Lipinski definition) is 6. The predicted molar refractivity (Wildman–Crippen MR) is 66.0 cm³/mol. The zero-order valence-corrected chi connectivity index (χ0v) is 10.5. The number of rotatable bonds is 3. The van der Waals surface area contributed by atoms with Crippen molar-refractivity contribution in [2.24, 2.45) is 5.11 Å². The molecule has 10 heteroatoms. The average molecular weight is 283 g/mol. The van der Waals surface area contributed by atoms with E-state index in [-0.39, 0.29) is 12.1 Å². The number of aryl methyl sites for hydroxylation is 1. The van der Waals surface area contributed by atoms with Crippen LogP contribution in [-0.2, 0) is 4.74 Å². The largest absolute Gasteiger partial charge is 0.388 e. The van der Waals surface area contributed by atoms with E-state index in [1.807, 2.05) is 0 Å². The van der Waals surface area contributed by atoms with E-state index in [1.165, 1.54) is 13.1 Å². The van der Waals surface area contributed by atoms with Crippen molar-refractivity contribution in [2.45, 2.75) is 31.5 Å². The molecule has 2 rings (SSSR count). The summed E-state index contributed by atoms with van der Waals surface area (Å²) in [6, 6.07) is 0. The number of nitrogens with zero attached hydrogens (tertiary/aromatic N) is 4. The van der Waals surface area contributed by atoms with Crippen LogP contribution in [0.2, 0.25) is 0 Å². The van der Waals surface area contributed by atoms with E-state index in [9.17, 15) is 19.8 Å². The summed E-state index contributed by atoms with van der Waals surface area (Å²) in [5.41, 5.74) is 7.19. The first-order valence-electron chi connectivity index (χ1n) is 5.80. The molecule has 0 amide bonds. The van der Waals surface area contributed by atoms with Gasteiger partial charge in [-0.05, 0) is 12.5 Å². The lowest BCUT2D eigenvalue weighted by Crippen LogP contribution is -2.38. The molecule has 3 N–H and O–H groups in total. The van der Waals surface area contributed by atoms with Crippen LogP contribution in [0.15, 0.2) is 20.9 Å². The van der Waals surface area contributed by atoms with Crippen LogP contribution in [0, 0.1) is 6.92 Å². The van der Waals surface area contributed by atoms with Crippen molar-refractivity contribution in [1.29, 1.82) is 0 Å². The van der Waals surface area contributed by atoms with E-state index in [0.717, 1.165) is 4.57 Å². The van der Waals surface area contributed by atoms with Gasteiger partial charge in [0.25, 0.3) is 5.56 Å². The van der Waals surface area contributed by atoms with Crippen LogP contribution < -0.4 is 11.2 Å². The predicted octanol–water partition coefficient (Wildman–Crippen LogP) is -1.23. The summed E-state index contributed by atoms with van der Waals surface area (Å²) in [7, 11) is 0. The van der Waals surface area contributed by atoms with E-state index >= 15 is 0 Å². The molecule has 0 spiro atoms. The van der Waals surface area contributed by atoms with Crippen molar-refractivity contribution in [2.75, 3.05) is 6.54 Å². The molecule has 20 heavy (non-hydrogen) atoms. The van der Waals surface area contributed by atoms with Gasteiger partial charge in [0, 0.05) is 16.7 Å². The summed E-state index contributed by atoms with van der Waals surface area (Å²) in [4.78, 5) is 27.6. The van der Waals surface area contributed by atoms with Crippen molar-refractivity contribution in [3.05, 3.63) is 43.0 Å². The van der Waals surface area contributed by atoms with Crippen molar-refractivity contribution < 1.29 is 14.9 Å². The molecule has 4 unspecified atom stereocenters. The summed E-state index contributed by atoms with van der Waals surface area (Å²) >= 11 is 0. The van der Waals surface area contributed by atoms with E-state index < -0.39 is 35.8 Å². The Balaban J connectivity index is 2.34. The highest BCUT2D eigenvalue weighted by Gasteiger charge is 2.43. The van der Waals surface area contributed by atoms with Gasteiger partial charge in [0.05, 0.1) is 12.6 Å². The zero-order chi connectivity index (χ0) is 14.9. The van der Waals surface area contributed by atoms with Gasteiger partial charge >= 0.3 is 5.69 Å². The summed E-state index contributed by atoms with van der Waals surface area (Å²) in [5.74, 6) is 0. The normalized spacial score (nSPS) is 29.1. The lowest BCUT2D eigenvalue weighted by atomic mass is 10.1. The third-order valence-electron chi connectivity index (χ3n) is 3.08. The highest BCUT2D eigenvalue weighted by molar-refractivity contribution is 5.03. The van der Waals surface area contributed by atoms with Crippen LogP contribution in [0.1, 0.15) is 11.8 Å². The Morgan fingerprint density at radius 1 is 1.50 bits per heavy atom. The average Bonchev–Trinajstić information content (AvgIpc) is 2.68. The molecule has 0 aliphatic carbocycles. The molecule has 1 aliphatic heterocycles. The van der Waals surface area contributed by atoms with Crippen LogP contribution in [0.5, 0.6) is 0 Å². The molecule has 10 nitrogen and oxygen atoms in total. The molecule has 1 aliphatic rings. The maximum atomic E-state index is 11.7. The van der Waals surface area contributed by atoms with Crippen LogP contribution >= 0.6 is 0 Å². The fraction of sp³-hybridized carbons (Fsp3) is 0.600. The van der Waals surface area contributed by atoms with Crippen molar-refractivity contribution in [3.63, 3.8) is 0 Å². The number of H-pyrrole nitrogens is 1. The number of nitrogens with one attached hydrogen (secondary N) is 1. The molecule has 1 fully saturated rings. The number of aromatic nitrogens is 2. The van der Waals surface area contributed by atoms with Gasteiger partial charge in [0.1, 0.15) is 12.2 Å². The number of hydrogen-bond donors (Lipinski definition) is 3. The number of aromatic amines is 1. The van der Waals surface area contributed by atoms with Gasteiger partial charge in [0.15, 0.2) is 6.23 Å². The number of aliphatic hydroxyl groups excluding tert-OH is 2. The Labute approximate surface area is 111 Å². The zero-order valence-electron chi connectivity index (χ0n) is 10.5. The van der Waals surface area contributed by atoms with Crippen LogP contribution in [0.4, 0.5) is 0 Å². The maximum absolute atomic E-state index is 11.7. The monoisotopic (exact) mass is 283 g/mol. The minimum absolute atomic E-state index is 0.178. The molecule has 0 radical (unpaired) electrons. The van der Waals surface area contributed by atoms with Gasteiger partial charge in [-0.25, -0.2) is 4.79 Å². The fourth-order valence-electron chi connectivity index (χ4n) is 2.00. The first-order valence-corrected chi connectivity index (χ1v) is 5.80. The van der Waals surface area contributed by atoms with Crippen LogP contribution in [0.25, 0.3) is 10.4 Å². The number of ether oxygens (including phenoxy) is 1. The third-order valence-corrected chi connectivity index (χ3v) is 3.08. The summed E-state index contributed by atoms with van der Waals surface area (Å²) in [6.07, 6.45) is -3.53. The number of azide groups is 1. The minimum Gasteiger partial charge on any atom is -0.388 e. The van der Waals surface area contributed by atoms with Gasteiger partial charge in [-0.15, -0.1) is 0 Å². The van der Waals surface area contributed by atoms with E-state index in [1.54, 1.807) is 0 Å². The van der Waals surface area contributed by atoms with Crippen LogP contribution in [-0.4, -0.2) is 44.6 Å². The molecule has 4 atom stereocenters. The molecule has 0 bridgehead atoms. The second-order valence-corrected chi connectivity index (χ2v) is 4.44. The molecule has 2 heterocycles. The molecule has 0 aromatic carbocycles. The van der Waals surface area contributed by atoms with Gasteiger partial charge in [0.2, 0.25) is 0 Å².